The van der Waals surface area contributed by atoms with E-state index < -0.39 is 0 Å². The number of likely N-dealkylation sites (tertiary alicyclic amines) is 2. The number of pyridine rings is 1. The molecular weight excluding hydrogens is 313 g/mol. The summed E-state index contributed by atoms with van der Waals surface area (Å²) in [6.45, 7) is 5.91. The number of hydrogen-bond acceptors (Lipinski definition) is 3. The second-order valence-corrected chi connectivity index (χ2v) is 7.60. The molecule has 0 aliphatic carbocycles. The van der Waals surface area contributed by atoms with Crippen molar-refractivity contribution in [2.45, 2.75) is 51.1 Å². The summed E-state index contributed by atoms with van der Waals surface area (Å²) in [7, 11) is 0. The first-order chi connectivity index (χ1) is 12.3. The lowest BCUT2D eigenvalue weighted by Crippen LogP contribution is -2.41. The number of rotatable bonds is 5. The summed E-state index contributed by atoms with van der Waals surface area (Å²) in [6.07, 6.45) is 7.97. The second-order valence-electron chi connectivity index (χ2n) is 7.60. The van der Waals surface area contributed by atoms with E-state index in [9.17, 15) is 4.39 Å². The fourth-order valence-corrected chi connectivity index (χ4v) is 4.37. The molecule has 3 heterocycles. The zero-order chi connectivity index (χ0) is 17.1. The van der Waals surface area contributed by atoms with Crippen molar-refractivity contribution in [2.75, 3.05) is 26.2 Å². The number of piperidine rings is 1. The van der Waals surface area contributed by atoms with Gasteiger partial charge in [-0.15, -0.1) is 0 Å². The quantitative estimate of drug-likeness (QED) is 0.812. The van der Waals surface area contributed by atoms with Crippen LogP contribution in [0.3, 0.4) is 0 Å². The van der Waals surface area contributed by atoms with Gasteiger partial charge in [-0.2, -0.15) is 0 Å². The molecule has 3 nitrogen and oxygen atoms in total. The Balaban J connectivity index is 1.42. The van der Waals surface area contributed by atoms with Gasteiger partial charge in [-0.05, 0) is 82.5 Å². The fraction of sp³-hybridized carbons (Fsp3) is 0.571. The van der Waals surface area contributed by atoms with Crippen molar-refractivity contribution in [1.29, 1.82) is 0 Å². The summed E-state index contributed by atoms with van der Waals surface area (Å²) in [5.41, 5.74) is 2.00. The average Bonchev–Trinajstić information content (AvgIpc) is 3.15. The van der Waals surface area contributed by atoms with Crippen LogP contribution in [0.25, 0.3) is 10.9 Å². The standard InChI is InChI=1S/C21H28FN3/c22-18-7-9-21-17(15-18)6-8-19(23-21)16-25-13-2-1-5-20(25)10-14-24-11-3-4-12-24/h6-9,15,20H,1-5,10-14,16H2. The molecular formula is C21H28FN3. The van der Waals surface area contributed by atoms with Crippen LogP contribution in [-0.4, -0.2) is 47.0 Å². The third-order valence-corrected chi connectivity index (χ3v) is 5.80. The Morgan fingerprint density at radius 1 is 1.00 bits per heavy atom. The Kier molecular flexibility index (Phi) is 5.28. The largest absolute Gasteiger partial charge is 0.303 e. The van der Waals surface area contributed by atoms with Crippen LogP contribution in [0, 0.1) is 5.82 Å². The number of benzene rings is 1. The van der Waals surface area contributed by atoms with Crippen LogP contribution >= 0.6 is 0 Å². The van der Waals surface area contributed by atoms with Gasteiger partial charge in [0.1, 0.15) is 5.82 Å². The summed E-state index contributed by atoms with van der Waals surface area (Å²) in [5.74, 6) is -0.194. The van der Waals surface area contributed by atoms with Crippen molar-refractivity contribution in [1.82, 2.24) is 14.8 Å². The molecule has 2 aliphatic rings. The molecule has 0 amide bonds. The first kappa shape index (κ1) is 16.9. The van der Waals surface area contributed by atoms with Gasteiger partial charge in [0, 0.05) is 18.0 Å². The highest BCUT2D eigenvalue weighted by molar-refractivity contribution is 5.78. The summed E-state index contributed by atoms with van der Waals surface area (Å²) in [6, 6.07) is 9.60. The summed E-state index contributed by atoms with van der Waals surface area (Å²) < 4.78 is 13.3. The van der Waals surface area contributed by atoms with Crippen LogP contribution in [0.15, 0.2) is 30.3 Å². The van der Waals surface area contributed by atoms with Gasteiger partial charge in [-0.3, -0.25) is 9.88 Å². The molecule has 0 saturated carbocycles. The molecule has 2 aliphatic heterocycles. The van der Waals surface area contributed by atoms with Gasteiger partial charge in [-0.1, -0.05) is 12.5 Å². The highest BCUT2D eigenvalue weighted by Gasteiger charge is 2.24. The van der Waals surface area contributed by atoms with E-state index in [0.29, 0.717) is 6.04 Å². The van der Waals surface area contributed by atoms with Crippen molar-refractivity contribution in [3.05, 3.63) is 41.8 Å². The van der Waals surface area contributed by atoms with Crippen molar-refractivity contribution in [3.8, 4) is 0 Å². The van der Waals surface area contributed by atoms with Gasteiger partial charge in [0.25, 0.3) is 0 Å². The van der Waals surface area contributed by atoms with E-state index >= 15 is 0 Å². The molecule has 2 aromatic rings. The average molecular weight is 341 g/mol. The number of nitrogens with zero attached hydrogens (tertiary/aromatic N) is 3. The Morgan fingerprint density at radius 3 is 2.72 bits per heavy atom. The van der Waals surface area contributed by atoms with E-state index in [1.54, 1.807) is 12.1 Å². The molecule has 0 radical (unpaired) electrons. The lowest BCUT2D eigenvalue weighted by molar-refractivity contribution is 0.120. The Hall–Kier alpha value is -1.52. The number of halogens is 1. The maximum atomic E-state index is 13.3. The van der Waals surface area contributed by atoms with Crippen molar-refractivity contribution in [2.24, 2.45) is 0 Å². The van der Waals surface area contributed by atoms with Crippen molar-refractivity contribution < 1.29 is 4.39 Å². The topological polar surface area (TPSA) is 19.4 Å². The summed E-state index contributed by atoms with van der Waals surface area (Å²) >= 11 is 0. The van der Waals surface area contributed by atoms with Gasteiger partial charge in [0.15, 0.2) is 0 Å². The van der Waals surface area contributed by atoms with Crippen LogP contribution in [0.4, 0.5) is 4.39 Å². The third kappa shape index (κ3) is 4.18. The molecule has 4 rings (SSSR count). The zero-order valence-electron chi connectivity index (χ0n) is 15.0. The minimum absolute atomic E-state index is 0.194. The molecule has 4 heteroatoms. The van der Waals surface area contributed by atoms with Crippen LogP contribution in [0.1, 0.15) is 44.2 Å². The van der Waals surface area contributed by atoms with Gasteiger partial charge >= 0.3 is 0 Å². The number of aromatic nitrogens is 1. The Morgan fingerprint density at radius 2 is 1.84 bits per heavy atom. The third-order valence-electron chi connectivity index (χ3n) is 5.80. The predicted octanol–water partition coefficient (Wildman–Crippen LogP) is 4.21. The molecule has 25 heavy (non-hydrogen) atoms. The Bertz CT molecular complexity index is 711. The molecule has 1 atom stereocenters. The molecule has 1 unspecified atom stereocenters. The number of hydrogen-bond donors (Lipinski definition) is 0. The van der Waals surface area contributed by atoms with Gasteiger partial charge in [-0.25, -0.2) is 4.39 Å². The van der Waals surface area contributed by atoms with Gasteiger partial charge in [0.2, 0.25) is 0 Å². The molecule has 1 aromatic heterocycles. The van der Waals surface area contributed by atoms with E-state index in [1.165, 1.54) is 70.8 Å². The van der Waals surface area contributed by atoms with Gasteiger partial charge < -0.3 is 4.90 Å². The molecule has 2 fully saturated rings. The molecule has 0 N–H and O–H groups in total. The van der Waals surface area contributed by atoms with Crippen LogP contribution in [0.2, 0.25) is 0 Å². The number of fused-ring (bicyclic) bond motifs is 1. The highest BCUT2D eigenvalue weighted by Crippen LogP contribution is 2.23. The highest BCUT2D eigenvalue weighted by atomic mass is 19.1. The predicted molar refractivity (Wildman–Crippen MR) is 100 cm³/mol. The second kappa shape index (κ2) is 7.79. The minimum atomic E-state index is -0.194. The lowest BCUT2D eigenvalue weighted by Gasteiger charge is -2.36. The van der Waals surface area contributed by atoms with Crippen molar-refractivity contribution >= 4 is 10.9 Å². The maximum absolute atomic E-state index is 13.3. The Labute approximate surface area is 149 Å². The zero-order valence-corrected chi connectivity index (χ0v) is 15.0. The SMILES string of the molecule is Fc1ccc2nc(CN3CCCCC3CCN3CCCC3)ccc2c1. The summed E-state index contributed by atoms with van der Waals surface area (Å²) in [4.78, 5) is 10.0. The smallest absolute Gasteiger partial charge is 0.123 e. The minimum Gasteiger partial charge on any atom is -0.303 e. The molecule has 1 aromatic carbocycles. The van der Waals surface area contributed by atoms with Gasteiger partial charge in [0.05, 0.1) is 11.2 Å². The fourth-order valence-electron chi connectivity index (χ4n) is 4.37. The monoisotopic (exact) mass is 341 g/mol. The van der Waals surface area contributed by atoms with Crippen LogP contribution < -0.4 is 0 Å². The van der Waals surface area contributed by atoms with E-state index in [1.807, 2.05) is 6.07 Å². The normalized spacial score (nSPS) is 22.7. The first-order valence-corrected chi connectivity index (χ1v) is 9.79. The van der Waals surface area contributed by atoms with E-state index in [0.717, 1.165) is 23.1 Å². The van der Waals surface area contributed by atoms with Crippen LogP contribution in [-0.2, 0) is 6.54 Å². The molecule has 0 spiro atoms. The lowest BCUT2D eigenvalue weighted by atomic mass is 9.98. The maximum Gasteiger partial charge on any atom is 0.123 e. The molecule has 134 valence electrons. The van der Waals surface area contributed by atoms with E-state index in [2.05, 4.69) is 15.9 Å². The molecule has 2 saturated heterocycles. The summed E-state index contributed by atoms with van der Waals surface area (Å²) in [5, 5.41) is 0.882. The molecule has 0 bridgehead atoms. The van der Waals surface area contributed by atoms with E-state index in [-0.39, 0.29) is 5.82 Å². The van der Waals surface area contributed by atoms with E-state index in [4.69, 9.17) is 4.98 Å². The van der Waals surface area contributed by atoms with Crippen molar-refractivity contribution in [3.63, 3.8) is 0 Å². The van der Waals surface area contributed by atoms with Crippen LogP contribution in [0.5, 0.6) is 0 Å². The first-order valence-electron chi connectivity index (χ1n) is 9.79.